The largest absolute Gasteiger partial charge is 0.385 e. The molecule has 1 spiro atoms. The Kier molecular flexibility index (Phi) is 7.20. The van der Waals surface area contributed by atoms with Crippen molar-refractivity contribution in [2.24, 2.45) is 17.3 Å². The van der Waals surface area contributed by atoms with Crippen molar-refractivity contribution >= 4 is 35.7 Å². The molecule has 196 valence electrons. The molecule has 2 heterocycles. The number of imide groups is 1. The summed E-state index contributed by atoms with van der Waals surface area (Å²) < 4.78 is 0. The van der Waals surface area contributed by atoms with E-state index in [9.17, 15) is 24.3 Å². The number of aldehydes is 1. The minimum Gasteiger partial charge on any atom is -0.385 e. The lowest BCUT2D eigenvalue weighted by Gasteiger charge is -2.51. The van der Waals surface area contributed by atoms with E-state index in [-0.39, 0.29) is 18.2 Å². The van der Waals surface area contributed by atoms with E-state index in [4.69, 9.17) is 11.6 Å². The lowest BCUT2D eigenvalue weighted by atomic mass is 9.66. The predicted molar refractivity (Wildman–Crippen MR) is 134 cm³/mol. The van der Waals surface area contributed by atoms with Crippen LogP contribution in [0.2, 0.25) is 5.02 Å². The number of nitrogens with zero attached hydrogens (tertiary/aromatic N) is 1. The van der Waals surface area contributed by atoms with Gasteiger partial charge in [-0.25, -0.2) is 4.79 Å². The number of likely N-dealkylation sites (tertiary alicyclic amines) is 1. The van der Waals surface area contributed by atoms with Crippen LogP contribution >= 0.6 is 11.6 Å². The van der Waals surface area contributed by atoms with Crippen LogP contribution in [-0.4, -0.2) is 65.4 Å². The van der Waals surface area contributed by atoms with Crippen molar-refractivity contribution in [3.05, 3.63) is 34.9 Å². The zero-order chi connectivity index (χ0) is 26.3. The third kappa shape index (κ3) is 4.88. The lowest BCUT2D eigenvalue weighted by Crippen LogP contribution is -2.57. The minimum atomic E-state index is -1.03. The smallest absolute Gasteiger partial charge is 0.322 e. The number of urea groups is 1. The molecule has 10 heteroatoms. The first-order valence-electron chi connectivity index (χ1n) is 12.5. The van der Waals surface area contributed by atoms with Crippen molar-refractivity contribution < 1.29 is 24.3 Å². The maximum atomic E-state index is 12.9. The van der Waals surface area contributed by atoms with E-state index in [1.54, 1.807) is 12.1 Å². The molecule has 4 amide bonds. The Morgan fingerprint density at radius 1 is 1.28 bits per heavy atom. The SMILES string of the molecule is C[C@@H](CN1CC[C@](O)(c2ccc(Cl)cc2)C(C)(C)C1)C(C=O)NC(=O)[C@@H]1CCC2(C1)NC(=O)NC2=O. The first-order chi connectivity index (χ1) is 16.9. The second-order valence-corrected chi connectivity index (χ2v) is 11.8. The fraction of sp³-hybridized carbons (Fsp3) is 0.615. The number of benzene rings is 1. The molecule has 1 saturated carbocycles. The summed E-state index contributed by atoms with van der Waals surface area (Å²) in [6, 6.07) is 6.10. The Bertz CT molecular complexity index is 1050. The van der Waals surface area contributed by atoms with Crippen LogP contribution in [0.3, 0.4) is 0 Å². The maximum Gasteiger partial charge on any atom is 0.322 e. The van der Waals surface area contributed by atoms with E-state index >= 15 is 0 Å². The first-order valence-corrected chi connectivity index (χ1v) is 12.9. The first kappa shape index (κ1) is 26.6. The Labute approximate surface area is 216 Å². The number of rotatable bonds is 7. The molecule has 0 radical (unpaired) electrons. The van der Waals surface area contributed by atoms with Gasteiger partial charge in [0.15, 0.2) is 0 Å². The van der Waals surface area contributed by atoms with Crippen LogP contribution in [-0.2, 0) is 20.0 Å². The number of piperidine rings is 1. The van der Waals surface area contributed by atoms with Crippen molar-refractivity contribution in [3.8, 4) is 0 Å². The number of aliphatic hydroxyl groups is 1. The Hall–Kier alpha value is -2.49. The standard InChI is InChI=1S/C26H35ClN4O5/c1-16(13-31-11-10-26(36,24(2,3)15-31)18-4-6-19(27)7-5-18)20(14-32)28-21(33)17-8-9-25(12-17)22(34)29-23(35)30-25/h4-7,14,16-17,20,36H,8-13,15H2,1-3H3,(H,28,33)(H2,29,30,34,35)/t16-,17+,20?,25?,26-/m0/s1. The Balaban J connectivity index is 1.34. The van der Waals surface area contributed by atoms with Crippen molar-refractivity contribution in [3.63, 3.8) is 0 Å². The van der Waals surface area contributed by atoms with Crippen LogP contribution in [0, 0.1) is 17.3 Å². The van der Waals surface area contributed by atoms with E-state index in [1.165, 1.54) is 0 Å². The van der Waals surface area contributed by atoms with Crippen molar-refractivity contribution in [2.45, 2.75) is 63.6 Å². The highest BCUT2D eigenvalue weighted by molar-refractivity contribution is 6.30. The summed E-state index contributed by atoms with van der Waals surface area (Å²) >= 11 is 6.03. The molecule has 2 saturated heterocycles. The van der Waals surface area contributed by atoms with Gasteiger partial charge < -0.3 is 25.4 Å². The minimum absolute atomic E-state index is 0.159. The zero-order valence-corrected chi connectivity index (χ0v) is 21.7. The maximum absolute atomic E-state index is 12.9. The van der Waals surface area contributed by atoms with Crippen LogP contribution in [0.25, 0.3) is 0 Å². The molecular weight excluding hydrogens is 484 g/mol. The number of nitrogens with one attached hydrogen (secondary N) is 3. The van der Waals surface area contributed by atoms with E-state index in [2.05, 4.69) is 20.9 Å². The van der Waals surface area contributed by atoms with Crippen LogP contribution in [0.5, 0.6) is 0 Å². The van der Waals surface area contributed by atoms with E-state index in [1.807, 2.05) is 32.9 Å². The van der Waals surface area contributed by atoms with Crippen LogP contribution < -0.4 is 16.0 Å². The van der Waals surface area contributed by atoms with Crippen LogP contribution in [0.1, 0.15) is 52.0 Å². The second-order valence-electron chi connectivity index (χ2n) is 11.3. The number of halogens is 1. The summed E-state index contributed by atoms with van der Waals surface area (Å²) in [7, 11) is 0. The molecule has 5 atom stereocenters. The van der Waals surface area contributed by atoms with Crippen LogP contribution in [0.4, 0.5) is 4.79 Å². The van der Waals surface area contributed by atoms with Crippen molar-refractivity contribution in [1.29, 1.82) is 0 Å². The second kappa shape index (κ2) is 9.76. The summed E-state index contributed by atoms with van der Waals surface area (Å²) in [6.45, 7) is 7.84. The molecule has 2 unspecified atom stereocenters. The van der Waals surface area contributed by atoms with E-state index in [0.717, 1.165) is 11.8 Å². The average Bonchev–Trinajstić information content (AvgIpc) is 3.36. The predicted octanol–water partition coefficient (Wildman–Crippen LogP) is 1.96. The summed E-state index contributed by atoms with van der Waals surface area (Å²) in [6.07, 6.45) is 2.37. The van der Waals surface area contributed by atoms with Gasteiger partial charge in [-0.1, -0.05) is 44.5 Å². The molecule has 4 rings (SSSR count). The van der Waals surface area contributed by atoms with Crippen molar-refractivity contribution in [1.82, 2.24) is 20.9 Å². The number of hydrogen-bond acceptors (Lipinski definition) is 6. The van der Waals surface area contributed by atoms with Crippen LogP contribution in [0.15, 0.2) is 24.3 Å². The number of hydrogen-bond donors (Lipinski definition) is 4. The lowest BCUT2D eigenvalue weighted by molar-refractivity contribution is -0.131. The van der Waals surface area contributed by atoms with Gasteiger partial charge in [0.25, 0.3) is 5.91 Å². The molecule has 1 aromatic carbocycles. The topological polar surface area (TPSA) is 128 Å². The number of carbonyl (C=O) groups is 4. The molecule has 1 aromatic rings. The van der Waals surface area contributed by atoms with Gasteiger partial charge in [-0.2, -0.15) is 0 Å². The average molecular weight is 519 g/mol. The summed E-state index contributed by atoms with van der Waals surface area (Å²) in [5, 5.41) is 20.0. The van der Waals surface area contributed by atoms with Gasteiger partial charge in [0.05, 0.1) is 11.6 Å². The van der Waals surface area contributed by atoms with Gasteiger partial charge in [-0.05, 0) is 49.3 Å². The number of carbonyl (C=O) groups excluding carboxylic acids is 4. The van der Waals surface area contributed by atoms with Gasteiger partial charge in [0.1, 0.15) is 11.8 Å². The summed E-state index contributed by atoms with van der Waals surface area (Å²) in [5.74, 6) is -1.28. The molecule has 3 aliphatic rings. The molecule has 4 N–H and O–H groups in total. The van der Waals surface area contributed by atoms with Crippen molar-refractivity contribution in [2.75, 3.05) is 19.6 Å². The third-order valence-electron chi connectivity index (χ3n) is 8.36. The highest BCUT2D eigenvalue weighted by Gasteiger charge is 2.53. The monoisotopic (exact) mass is 518 g/mol. The molecule has 0 aromatic heterocycles. The normalized spacial score (nSPS) is 31.5. The van der Waals surface area contributed by atoms with Gasteiger partial charge in [0, 0.05) is 36.0 Å². The molecule has 0 bridgehead atoms. The summed E-state index contributed by atoms with van der Waals surface area (Å²) in [4.78, 5) is 50.8. The van der Waals surface area contributed by atoms with Gasteiger partial charge >= 0.3 is 6.03 Å². The fourth-order valence-electron chi connectivity index (χ4n) is 6.07. The molecule has 36 heavy (non-hydrogen) atoms. The van der Waals surface area contributed by atoms with Gasteiger partial charge in [-0.15, -0.1) is 0 Å². The third-order valence-corrected chi connectivity index (χ3v) is 8.62. The molecule has 2 aliphatic heterocycles. The van der Waals surface area contributed by atoms with Gasteiger partial charge in [0.2, 0.25) is 5.91 Å². The van der Waals surface area contributed by atoms with E-state index < -0.39 is 40.5 Å². The highest BCUT2D eigenvalue weighted by atomic mass is 35.5. The Morgan fingerprint density at radius 3 is 2.56 bits per heavy atom. The molecular formula is C26H35ClN4O5. The molecule has 3 fully saturated rings. The molecule has 1 aliphatic carbocycles. The molecule has 9 nitrogen and oxygen atoms in total. The zero-order valence-electron chi connectivity index (χ0n) is 21.0. The highest BCUT2D eigenvalue weighted by Crippen LogP contribution is 2.46. The summed E-state index contributed by atoms with van der Waals surface area (Å²) in [5.41, 5.74) is -1.65. The quantitative estimate of drug-likeness (QED) is 0.323. The number of amides is 4. The fourth-order valence-corrected chi connectivity index (χ4v) is 6.20. The van der Waals surface area contributed by atoms with E-state index in [0.29, 0.717) is 43.9 Å². The van der Waals surface area contributed by atoms with Gasteiger partial charge in [-0.3, -0.25) is 14.9 Å². The Morgan fingerprint density at radius 2 is 1.97 bits per heavy atom.